The Labute approximate surface area is 110 Å². The van der Waals surface area contributed by atoms with E-state index in [1.165, 1.54) is 0 Å². The molecule has 0 spiro atoms. The molecule has 5 nitrogen and oxygen atoms in total. The molecule has 94 valence electrons. The van der Waals surface area contributed by atoms with Gasteiger partial charge < -0.3 is 11.1 Å². The number of carbonyl (C=O) groups is 1. The molecule has 0 aromatic carbocycles. The Morgan fingerprint density at radius 2 is 2.16 bits per heavy atom. The minimum absolute atomic E-state index is 0.290. The molecule has 0 fully saturated rings. The van der Waals surface area contributed by atoms with Gasteiger partial charge in [-0.3, -0.25) is 9.78 Å². The van der Waals surface area contributed by atoms with Gasteiger partial charge >= 0.3 is 0 Å². The molecule has 0 aliphatic rings. The summed E-state index contributed by atoms with van der Waals surface area (Å²) in [5.74, 6) is 5.74. The summed E-state index contributed by atoms with van der Waals surface area (Å²) in [7, 11) is 0. The standard InChI is InChI=1S/C14H12N4O/c15-7-3-4-11-6-9-17-13(10-11)18-14(19)12-5-1-2-8-16-12/h1-2,5-6,8-10H,7,15H2,(H,17,18,19). The molecule has 0 atom stereocenters. The van der Waals surface area contributed by atoms with Gasteiger partial charge in [0.25, 0.3) is 5.91 Å². The van der Waals surface area contributed by atoms with E-state index in [-0.39, 0.29) is 12.5 Å². The van der Waals surface area contributed by atoms with E-state index < -0.39 is 0 Å². The SMILES string of the molecule is NCC#Cc1ccnc(NC(=O)c2ccccn2)c1. The summed E-state index contributed by atoms with van der Waals surface area (Å²) in [6.45, 7) is 0.290. The summed E-state index contributed by atoms with van der Waals surface area (Å²) in [5.41, 5.74) is 6.39. The highest BCUT2D eigenvalue weighted by Crippen LogP contribution is 2.07. The predicted octanol–water partition coefficient (Wildman–Crippen LogP) is 1.04. The Morgan fingerprint density at radius 1 is 1.26 bits per heavy atom. The molecule has 0 aliphatic heterocycles. The highest BCUT2D eigenvalue weighted by molar-refractivity contribution is 6.02. The first-order valence-electron chi connectivity index (χ1n) is 5.67. The van der Waals surface area contributed by atoms with Crippen LogP contribution in [0.5, 0.6) is 0 Å². The molecule has 19 heavy (non-hydrogen) atoms. The number of nitrogens with one attached hydrogen (secondary N) is 1. The Kier molecular flexibility index (Phi) is 4.21. The lowest BCUT2D eigenvalue weighted by atomic mass is 10.2. The number of nitrogens with two attached hydrogens (primary N) is 1. The van der Waals surface area contributed by atoms with Gasteiger partial charge in [-0.1, -0.05) is 17.9 Å². The average Bonchev–Trinajstić information content (AvgIpc) is 2.46. The number of amides is 1. The molecule has 5 heteroatoms. The lowest BCUT2D eigenvalue weighted by molar-refractivity contribution is 0.102. The number of aromatic nitrogens is 2. The van der Waals surface area contributed by atoms with Gasteiger partial charge in [0.15, 0.2) is 0 Å². The topological polar surface area (TPSA) is 80.9 Å². The third-order valence-corrected chi connectivity index (χ3v) is 2.23. The number of anilines is 1. The van der Waals surface area contributed by atoms with Crippen LogP contribution in [0.15, 0.2) is 42.7 Å². The molecule has 2 rings (SSSR count). The van der Waals surface area contributed by atoms with Crippen molar-refractivity contribution in [1.82, 2.24) is 9.97 Å². The van der Waals surface area contributed by atoms with Gasteiger partial charge in [0.05, 0.1) is 6.54 Å². The number of hydrogen-bond donors (Lipinski definition) is 2. The zero-order chi connectivity index (χ0) is 13.5. The molecular weight excluding hydrogens is 240 g/mol. The van der Waals surface area contributed by atoms with Crippen molar-refractivity contribution in [3.05, 3.63) is 54.0 Å². The van der Waals surface area contributed by atoms with Crippen LogP contribution < -0.4 is 11.1 Å². The summed E-state index contributed by atoms with van der Waals surface area (Å²) in [6, 6.07) is 8.56. The first-order valence-corrected chi connectivity index (χ1v) is 5.67. The molecule has 3 N–H and O–H groups in total. The van der Waals surface area contributed by atoms with E-state index in [0.29, 0.717) is 11.5 Å². The Hall–Kier alpha value is -2.71. The van der Waals surface area contributed by atoms with Crippen LogP contribution in [-0.2, 0) is 0 Å². The van der Waals surface area contributed by atoms with Gasteiger partial charge in [0.1, 0.15) is 11.5 Å². The summed E-state index contributed by atoms with van der Waals surface area (Å²) in [5, 5.41) is 2.66. The average molecular weight is 252 g/mol. The van der Waals surface area contributed by atoms with Crippen molar-refractivity contribution in [3.63, 3.8) is 0 Å². The van der Waals surface area contributed by atoms with Gasteiger partial charge in [-0.05, 0) is 24.3 Å². The molecule has 0 unspecified atom stereocenters. The molecule has 0 aliphatic carbocycles. The third-order valence-electron chi connectivity index (χ3n) is 2.23. The number of pyridine rings is 2. The number of carbonyl (C=O) groups excluding carboxylic acids is 1. The fourth-order valence-electron chi connectivity index (χ4n) is 1.41. The van der Waals surface area contributed by atoms with E-state index in [4.69, 9.17) is 5.73 Å². The van der Waals surface area contributed by atoms with Crippen molar-refractivity contribution < 1.29 is 4.79 Å². The zero-order valence-corrected chi connectivity index (χ0v) is 10.1. The van der Waals surface area contributed by atoms with Crippen LogP contribution in [0.3, 0.4) is 0 Å². The van der Waals surface area contributed by atoms with Gasteiger partial charge in [-0.25, -0.2) is 4.98 Å². The van der Waals surface area contributed by atoms with Crippen molar-refractivity contribution in [2.75, 3.05) is 11.9 Å². The fourth-order valence-corrected chi connectivity index (χ4v) is 1.41. The smallest absolute Gasteiger partial charge is 0.275 e. The second-order valence-corrected chi connectivity index (χ2v) is 3.60. The van der Waals surface area contributed by atoms with Crippen LogP contribution in [0.1, 0.15) is 16.1 Å². The quantitative estimate of drug-likeness (QED) is 0.782. The summed E-state index contributed by atoms with van der Waals surface area (Å²) < 4.78 is 0. The van der Waals surface area contributed by atoms with Crippen molar-refractivity contribution in [3.8, 4) is 11.8 Å². The summed E-state index contributed by atoms with van der Waals surface area (Å²) in [4.78, 5) is 19.9. The van der Waals surface area contributed by atoms with Gasteiger partial charge in [0.2, 0.25) is 0 Å². The van der Waals surface area contributed by atoms with Crippen LogP contribution in [0.25, 0.3) is 0 Å². The van der Waals surface area contributed by atoms with Crippen molar-refractivity contribution >= 4 is 11.7 Å². The number of rotatable bonds is 2. The van der Waals surface area contributed by atoms with E-state index in [1.807, 2.05) is 0 Å². The molecule has 2 aromatic heterocycles. The van der Waals surface area contributed by atoms with Crippen LogP contribution >= 0.6 is 0 Å². The molecule has 0 radical (unpaired) electrons. The van der Waals surface area contributed by atoms with Crippen molar-refractivity contribution in [1.29, 1.82) is 0 Å². The molecule has 0 saturated carbocycles. The fraction of sp³-hybridized carbons (Fsp3) is 0.0714. The van der Waals surface area contributed by atoms with E-state index in [0.717, 1.165) is 5.56 Å². The van der Waals surface area contributed by atoms with E-state index in [2.05, 4.69) is 27.1 Å². The first kappa shape index (κ1) is 12.7. The highest BCUT2D eigenvalue weighted by Gasteiger charge is 2.07. The molecule has 0 bridgehead atoms. The van der Waals surface area contributed by atoms with Gasteiger partial charge in [-0.15, -0.1) is 0 Å². The molecule has 2 aromatic rings. The normalized spacial score (nSPS) is 9.32. The second-order valence-electron chi connectivity index (χ2n) is 3.60. The predicted molar refractivity (Wildman–Crippen MR) is 72.4 cm³/mol. The molecule has 2 heterocycles. The lowest BCUT2D eigenvalue weighted by Crippen LogP contribution is -2.14. The molecular formula is C14H12N4O. The van der Waals surface area contributed by atoms with Crippen LogP contribution in [0.2, 0.25) is 0 Å². The molecule has 0 saturated heterocycles. The van der Waals surface area contributed by atoms with E-state index in [1.54, 1.807) is 42.7 Å². The maximum Gasteiger partial charge on any atom is 0.275 e. The Morgan fingerprint density at radius 3 is 2.89 bits per heavy atom. The van der Waals surface area contributed by atoms with E-state index in [9.17, 15) is 4.79 Å². The third kappa shape index (κ3) is 3.63. The Balaban J connectivity index is 2.13. The van der Waals surface area contributed by atoms with Crippen LogP contribution in [0, 0.1) is 11.8 Å². The summed E-state index contributed by atoms with van der Waals surface area (Å²) >= 11 is 0. The maximum absolute atomic E-state index is 11.9. The van der Waals surface area contributed by atoms with Crippen LogP contribution in [-0.4, -0.2) is 22.4 Å². The highest BCUT2D eigenvalue weighted by atomic mass is 16.1. The van der Waals surface area contributed by atoms with Gasteiger partial charge in [-0.2, -0.15) is 0 Å². The minimum Gasteiger partial charge on any atom is -0.320 e. The number of hydrogen-bond acceptors (Lipinski definition) is 4. The van der Waals surface area contributed by atoms with Crippen LogP contribution in [0.4, 0.5) is 5.82 Å². The molecule has 1 amide bonds. The second kappa shape index (κ2) is 6.28. The van der Waals surface area contributed by atoms with Gasteiger partial charge in [0, 0.05) is 18.0 Å². The Bertz CT molecular complexity index is 629. The maximum atomic E-state index is 11.9. The summed E-state index contributed by atoms with van der Waals surface area (Å²) in [6.07, 6.45) is 3.14. The number of nitrogens with zero attached hydrogens (tertiary/aromatic N) is 2. The zero-order valence-electron chi connectivity index (χ0n) is 10.1. The van der Waals surface area contributed by atoms with E-state index >= 15 is 0 Å². The largest absolute Gasteiger partial charge is 0.320 e. The van der Waals surface area contributed by atoms with Crippen molar-refractivity contribution in [2.24, 2.45) is 5.73 Å². The lowest BCUT2D eigenvalue weighted by Gasteiger charge is -2.03. The first-order chi connectivity index (χ1) is 9.29. The van der Waals surface area contributed by atoms with Crippen molar-refractivity contribution in [2.45, 2.75) is 0 Å². The monoisotopic (exact) mass is 252 g/mol. The minimum atomic E-state index is -0.308.